The Morgan fingerprint density at radius 2 is 1.91 bits per heavy atom. The minimum absolute atomic E-state index is 0.00283. The van der Waals surface area contributed by atoms with Crippen molar-refractivity contribution in [3.05, 3.63) is 64.5 Å². The fraction of sp³-hybridized carbons (Fsp3) is 0.250. The lowest BCUT2D eigenvalue weighted by atomic mass is 10.2. The standard InChI is InChI=1S/C16H18N4O3/c21-16(19-11-8-13-5-3-4-10-17-13)9-12-18-14-6-1-2-7-15(14)20(22)23/h1-7,10,18H,8-9,11-12H2,(H,19,21). The summed E-state index contributed by atoms with van der Waals surface area (Å²) < 4.78 is 0. The molecule has 0 spiro atoms. The molecule has 2 rings (SSSR count). The molecule has 120 valence electrons. The molecule has 0 radical (unpaired) electrons. The number of nitro groups is 1. The molecule has 0 aliphatic rings. The molecule has 0 fully saturated rings. The van der Waals surface area contributed by atoms with Crippen molar-refractivity contribution in [1.29, 1.82) is 0 Å². The number of hydrogen-bond donors (Lipinski definition) is 2. The van der Waals surface area contributed by atoms with Crippen LogP contribution in [-0.2, 0) is 11.2 Å². The number of rotatable bonds is 8. The number of anilines is 1. The maximum Gasteiger partial charge on any atom is 0.292 e. The Morgan fingerprint density at radius 1 is 1.13 bits per heavy atom. The Balaban J connectivity index is 1.70. The Labute approximate surface area is 133 Å². The number of pyridine rings is 1. The first kappa shape index (κ1) is 16.4. The van der Waals surface area contributed by atoms with E-state index in [0.717, 1.165) is 5.69 Å². The summed E-state index contributed by atoms with van der Waals surface area (Å²) in [5.74, 6) is -0.105. The summed E-state index contributed by atoms with van der Waals surface area (Å²) in [5.41, 5.74) is 1.34. The molecule has 0 saturated heterocycles. The monoisotopic (exact) mass is 314 g/mol. The molecule has 7 nitrogen and oxygen atoms in total. The van der Waals surface area contributed by atoms with Gasteiger partial charge in [-0.1, -0.05) is 18.2 Å². The van der Waals surface area contributed by atoms with Gasteiger partial charge < -0.3 is 10.6 Å². The van der Waals surface area contributed by atoms with Gasteiger partial charge in [-0.15, -0.1) is 0 Å². The number of hydrogen-bond acceptors (Lipinski definition) is 5. The Hall–Kier alpha value is -2.96. The minimum atomic E-state index is -0.449. The highest BCUT2D eigenvalue weighted by Gasteiger charge is 2.11. The van der Waals surface area contributed by atoms with Crippen LogP contribution in [0.15, 0.2) is 48.7 Å². The average Bonchev–Trinajstić information content (AvgIpc) is 2.56. The fourth-order valence-electron chi connectivity index (χ4n) is 2.06. The minimum Gasteiger partial charge on any atom is -0.379 e. The average molecular weight is 314 g/mol. The van der Waals surface area contributed by atoms with Gasteiger partial charge in [-0.2, -0.15) is 0 Å². The molecule has 2 N–H and O–H groups in total. The van der Waals surface area contributed by atoms with Crippen LogP contribution < -0.4 is 10.6 Å². The van der Waals surface area contributed by atoms with Crippen LogP contribution in [0.5, 0.6) is 0 Å². The number of para-hydroxylation sites is 2. The zero-order valence-corrected chi connectivity index (χ0v) is 12.6. The van der Waals surface area contributed by atoms with Crippen LogP contribution in [-0.4, -0.2) is 28.9 Å². The molecular weight excluding hydrogens is 296 g/mol. The van der Waals surface area contributed by atoms with E-state index in [-0.39, 0.29) is 18.0 Å². The normalized spacial score (nSPS) is 10.1. The first-order chi connectivity index (χ1) is 11.2. The lowest BCUT2D eigenvalue weighted by Crippen LogP contribution is -2.27. The van der Waals surface area contributed by atoms with Crippen molar-refractivity contribution in [2.75, 3.05) is 18.4 Å². The summed E-state index contributed by atoms with van der Waals surface area (Å²) in [5, 5.41) is 16.6. The SMILES string of the molecule is O=C(CCNc1ccccc1[N+](=O)[O-])NCCc1ccccn1. The summed E-state index contributed by atoms with van der Waals surface area (Å²) in [6, 6.07) is 12.0. The lowest BCUT2D eigenvalue weighted by Gasteiger charge is -2.07. The van der Waals surface area contributed by atoms with Crippen molar-refractivity contribution in [3.63, 3.8) is 0 Å². The topological polar surface area (TPSA) is 97.2 Å². The molecule has 0 atom stereocenters. The third-order valence-corrected chi connectivity index (χ3v) is 3.20. The summed E-state index contributed by atoms with van der Waals surface area (Å²) >= 11 is 0. The van der Waals surface area contributed by atoms with Crippen molar-refractivity contribution in [1.82, 2.24) is 10.3 Å². The molecule has 1 amide bonds. The summed E-state index contributed by atoms with van der Waals surface area (Å²) in [7, 11) is 0. The number of amides is 1. The number of nitrogens with one attached hydrogen (secondary N) is 2. The predicted octanol–water partition coefficient (Wildman–Crippen LogP) is 2.15. The van der Waals surface area contributed by atoms with Crippen LogP contribution in [0.2, 0.25) is 0 Å². The van der Waals surface area contributed by atoms with Gasteiger partial charge in [0.15, 0.2) is 0 Å². The summed E-state index contributed by atoms with van der Waals surface area (Å²) in [6.45, 7) is 0.849. The third-order valence-electron chi connectivity index (χ3n) is 3.20. The van der Waals surface area contributed by atoms with Crippen LogP contribution in [0.3, 0.4) is 0 Å². The molecule has 1 aromatic carbocycles. The van der Waals surface area contributed by atoms with Crippen LogP contribution >= 0.6 is 0 Å². The van der Waals surface area contributed by atoms with Gasteiger partial charge in [-0.25, -0.2) is 0 Å². The Kier molecular flexibility index (Phi) is 6.05. The molecule has 0 bridgehead atoms. The molecule has 0 aliphatic carbocycles. The van der Waals surface area contributed by atoms with E-state index in [9.17, 15) is 14.9 Å². The van der Waals surface area contributed by atoms with Crippen LogP contribution in [0.25, 0.3) is 0 Å². The summed E-state index contributed by atoms with van der Waals surface area (Å²) in [6.07, 6.45) is 2.63. The third kappa shape index (κ3) is 5.39. The van der Waals surface area contributed by atoms with Gasteiger partial charge in [-0.05, 0) is 18.2 Å². The Bertz CT molecular complexity index is 661. The van der Waals surface area contributed by atoms with Crippen molar-refractivity contribution in [3.8, 4) is 0 Å². The predicted molar refractivity (Wildman–Crippen MR) is 87.2 cm³/mol. The van der Waals surface area contributed by atoms with E-state index in [2.05, 4.69) is 15.6 Å². The maximum atomic E-state index is 11.7. The summed E-state index contributed by atoms with van der Waals surface area (Å²) in [4.78, 5) is 26.3. The van der Waals surface area contributed by atoms with Gasteiger partial charge in [-0.3, -0.25) is 19.9 Å². The second kappa shape index (κ2) is 8.47. The largest absolute Gasteiger partial charge is 0.379 e. The number of nitrogens with zero attached hydrogens (tertiary/aromatic N) is 2. The zero-order chi connectivity index (χ0) is 16.5. The van der Waals surface area contributed by atoms with Gasteiger partial charge in [0.1, 0.15) is 5.69 Å². The molecule has 23 heavy (non-hydrogen) atoms. The molecule has 1 heterocycles. The highest BCUT2D eigenvalue weighted by Crippen LogP contribution is 2.22. The van der Waals surface area contributed by atoms with Gasteiger partial charge >= 0.3 is 0 Å². The Morgan fingerprint density at radius 3 is 2.65 bits per heavy atom. The number of carbonyl (C=O) groups excluding carboxylic acids is 1. The van der Waals surface area contributed by atoms with Crippen LogP contribution in [0.1, 0.15) is 12.1 Å². The highest BCUT2D eigenvalue weighted by molar-refractivity contribution is 5.76. The molecule has 7 heteroatoms. The van der Waals surface area contributed by atoms with Gasteiger partial charge in [0.2, 0.25) is 5.91 Å². The molecular formula is C16H18N4O3. The van der Waals surface area contributed by atoms with Gasteiger partial charge in [0.05, 0.1) is 4.92 Å². The smallest absolute Gasteiger partial charge is 0.292 e. The van der Waals surface area contributed by atoms with E-state index in [1.807, 2.05) is 18.2 Å². The van der Waals surface area contributed by atoms with Crippen molar-refractivity contribution in [2.24, 2.45) is 0 Å². The first-order valence-corrected chi connectivity index (χ1v) is 7.30. The quantitative estimate of drug-likeness (QED) is 0.575. The van der Waals surface area contributed by atoms with E-state index in [0.29, 0.717) is 25.2 Å². The van der Waals surface area contributed by atoms with E-state index in [1.54, 1.807) is 24.4 Å². The van der Waals surface area contributed by atoms with E-state index >= 15 is 0 Å². The second-order valence-corrected chi connectivity index (χ2v) is 4.87. The molecule has 2 aromatic rings. The number of aromatic nitrogens is 1. The van der Waals surface area contributed by atoms with Crippen molar-refractivity contribution >= 4 is 17.3 Å². The lowest BCUT2D eigenvalue weighted by molar-refractivity contribution is -0.384. The van der Waals surface area contributed by atoms with Crippen molar-refractivity contribution in [2.45, 2.75) is 12.8 Å². The second-order valence-electron chi connectivity index (χ2n) is 4.87. The van der Waals surface area contributed by atoms with Crippen molar-refractivity contribution < 1.29 is 9.72 Å². The zero-order valence-electron chi connectivity index (χ0n) is 12.6. The van der Waals surface area contributed by atoms with Crippen LogP contribution in [0, 0.1) is 10.1 Å². The molecule has 0 saturated carbocycles. The maximum absolute atomic E-state index is 11.7. The number of benzene rings is 1. The van der Waals surface area contributed by atoms with Gasteiger partial charge in [0, 0.05) is 43.9 Å². The molecule has 0 unspecified atom stereocenters. The van der Waals surface area contributed by atoms with Gasteiger partial charge in [0.25, 0.3) is 5.69 Å². The van der Waals surface area contributed by atoms with E-state index in [4.69, 9.17) is 0 Å². The first-order valence-electron chi connectivity index (χ1n) is 7.30. The molecule has 0 aliphatic heterocycles. The fourth-order valence-corrected chi connectivity index (χ4v) is 2.06. The highest BCUT2D eigenvalue weighted by atomic mass is 16.6. The van der Waals surface area contributed by atoms with Crippen LogP contribution in [0.4, 0.5) is 11.4 Å². The molecule has 1 aromatic heterocycles. The number of nitro benzene ring substituents is 1. The van der Waals surface area contributed by atoms with E-state index < -0.39 is 4.92 Å². The van der Waals surface area contributed by atoms with E-state index in [1.165, 1.54) is 6.07 Å². The number of carbonyl (C=O) groups is 1.